The van der Waals surface area contributed by atoms with Gasteiger partial charge >= 0.3 is 6.03 Å². The van der Waals surface area contributed by atoms with E-state index < -0.39 is 0 Å². The lowest BCUT2D eigenvalue weighted by Crippen LogP contribution is -2.37. The van der Waals surface area contributed by atoms with Gasteiger partial charge in [0.05, 0.1) is 0 Å². The van der Waals surface area contributed by atoms with Crippen LogP contribution in [0, 0.1) is 0 Å². The van der Waals surface area contributed by atoms with E-state index in [1.165, 1.54) is 6.92 Å². The van der Waals surface area contributed by atoms with Crippen molar-refractivity contribution >= 4 is 17.5 Å². The summed E-state index contributed by atoms with van der Waals surface area (Å²) in [6.07, 6.45) is 2.95. The summed E-state index contributed by atoms with van der Waals surface area (Å²) in [7, 11) is 0. The number of anilines is 1. The van der Waals surface area contributed by atoms with Crippen molar-refractivity contribution in [2.75, 3.05) is 5.32 Å². The molecular weight excluding hydrogens is 240 g/mol. The first-order valence-corrected chi connectivity index (χ1v) is 6.75. The van der Waals surface area contributed by atoms with Crippen LogP contribution in [0.15, 0.2) is 24.3 Å². The molecule has 0 saturated carbocycles. The third-order valence-electron chi connectivity index (χ3n) is 3.01. The Bertz CT molecular complexity index is 426. The summed E-state index contributed by atoms with van der Waals surface area (Å²) < 4.78 is 0. The maximum atomic E-state index is 11.8. The number of carbonyl (C=O) groups excluding carboxylic acids is 2. The molecule has 1 aromatic rings. The fourth-order valence-electron chi connectivity index (χ4n) is 1.87. The molecule has 4 heteroatoms. The van der Waals surface area contributed by atoms with Crippen molar-refractivity contribution in [3.63, 3.8) is 0 Å². The first-order valence-electron chi connectivity index (χ1n) is 6.75. The van der Waals surface area contributed by atoms with Crippen LogP contribution in [0.1, 0.15) is 50.4 Å². The van der Waals surface area contributed by atoms with Crippen molar-refractivity contribution in [1.82, 2.24) is 5.32 Å². The minimum atomic E-state index is -0.198. The average Bonchev–Trinajstić information content (AvgIpc) is 2.38. The predicted molar refractivity (Wildman–Crippen MR) is 77.6 cm³/mol. The summed E-state index contributed by atoms with van der Waals surface area (Å²) >= 11 is 0. The Morgan fingerprint density at radius 3 is 2.26 bits per heavy atom. The maximum Gasteiger partial charge on any atom is 0.319 e. The topological polar surface area (TPSA) is 58.2 Å². The summed E-state index contributed by atoms with van der Waals surface area (Å²) in [5.74, 6) is 0.0185. The molecule has 2 amide bonds. The van der Waals surface area contributed by atoms with Crippen molar-refractivity contribution < 1.29 is 9.59 Å². The van der Waals surface area contributed by atoms with Gasteiger partial charge in [0.15, 0.2) is 5.78 Å². The Morgan fingerprint density at radius 2 is 1.79 bits per heavy atom. The predicted octanol–water partition coefficient (Wildman–Crippen LogP) is 3.59. The number of hydrogen-bond donors (Lipinski definition) is 2. The lowest BCUT2D eigenvalue weighted by molar-refractivity contribution is 0.101. The average molecular weight is 262 g/mol. The van der Waals surface area contributed by atoms with E-state index in [1.807, 2.05) is 0 Å². The minimum absolute atomic E-state index is 0.0185. The van der Waals surface area contributed by atoms with E-state index >= 15 is 0 Å². The van der Waals surface area contributed by atoms with Gasteiger partial charge in [-0.05, 0) is 44.0 Å². The fourth-order valence-corrected chi connectivity index (χ4v) is 1.87. The molecular formula is C15H22N2O2. The molecule has 0 aliphatic carbocycles. The second-order valence-electron chi connectivity index (χ2n) is 4.63. The Labute approximate surface area is 114 Å². The largest absolute Gasteiger partial charge is 0.335 e. The van der Waals surface area contributed by atoms with Gasteiger partial charge in [-0.25, -0.2) is 4.79 Å². The van der Waals surface area contributed by atoms with Gasteiger partial charge < -0.3 is 10.6 Å². The van der Waals surface area contributed by atoms with Gasteiger partial charge in [-0.2, -0.15) is 0 Å². The Hall–Kier alpha value is -1.84. The molecule has 1 rings (SSSR count). The molecule has 1 atom stereocenters. The zero-order valence-electron chi connectivity index (χ0n) is 11.8. The number of rotatable bonds is 6. The van der Waals surface area contributed by atoms with Crippen molar-refractivity contribution in [1.29, 1.82) is 0 Å². The number of hydrogen-bond acceptors (Lipinski definition) is 2. The van der Waals surface area contributed by atoms with Gasteiger partial charge in [-0.1, -0.05) is 20.3 Å². The molecule has 0 aromatic heterocycles. The molecule has 19 heavy (non-hydrogen) atoms. The van der Waals surface area contributed by atoms with Crippen LogP contribution in [0.5, 0.6) is 0 Å². The highest BCUT2D eigenvalue weighted by molar-refractivity contribution is 5.95. The molecule has 0 saturated heterocycles. The van der Waals surface area contributed by atoms with Crippen LogP contribution in [-0.2, 0) is 0 Å². The molecule has 0 spiro atoms. The summed E-state index contributed by atoms with van der Waals surface area (Å²) in [6, 6.07) is 6.90. The number of ketones is 1. The summed E-state index contributed by atoms with van der Waals surface area (Å²) in [5.41, 5.74) is 1.33. The molecule has 0 heterocycles. The minimum Gasteiger partial charge on any atom is -0.335 e. The fraction of sp³-hybridized carbons (Fsp3) is 0.467. The first kappa shape index (κ1) is 15.2. The molecule has 1 unspecified atom stereocenters. The van der Waals surface area contributed by atoms with E-state index in [9.17, 15) is 9.59 Å². The van der Waals surface area contributed by atoms with Crippen molar-refractivity contribution in [2.24, 2.45) is 0 Å². The number of amides is 2. The summed E-state index contributed by atoms with van der Waals surface area (Å²) in [5, 5.41) is 5.71. The third-order valence-corrected chi connectivity index (χ3v) is 3.01. The van der Waals surface area contributed by atoms with E-state index in [2.05, 4.69) is 24.5 Å². The van der Waals surface area contributed by atoms with Crippen LogP contribution in [0.25, 0.3) is 0 Å². The molecule has 0 fully saturated rings. The number of nitrogens with one attached hydrogen (secondary N) is 2. The highest BCUT2D eigenvalue weighted by Crippen LogP contribution is 2.10. The third kappa shape index (κ3) is 5.12. The second-order valence-corrected chi connectivity index (χ2v) is 4.63. The van der Waals surface area contributed by atoms with Gasteiger partial charge in [0.2, 0.25) is 0 Å². The number of urea groups is 1. The maximum absolute atomic E-state index is 11.8. The van der Waals surface area contributed by atoms with Gasteiger partial charge in [0.25, 0.3) is 0 Å². The molecule has 0 radical (unpaired) electrons. The monoisotopic (exact) mass is 262 g/mol. The van der Waals surface area contributed by atoms with Crippen LogP contribution in [-0.4, -0.2) is 17.9 Å². The smallest absolute Gasteiger partial charge is 0.319 e. The van der Waals surface area contributed by atoms with Crippen molar-refractivity contribution in [3.8, 4) is 0 Å². The van der Waals surface area contributed by atoms with Crippen molar-refractivity contribution in [3.05, 3.63) is 29.8 Å². The summed E-state index contributed by atoms with van der Waals surface area (Å²) in [4.78, 5) is 22.9. The van der Waals surface area contributed by atoms with Crippen LogP contribution < -0.4 is 10.6 Å². The Kier molecular flexibility index (Phi) is 6.06. The Balaban J connectivity index is 2.54. The van der Waals surface area contributed by atoms with Crippen LogP contribution >= 0.6 is 0 Å². The zero-order chi connectivity index (χ0) is 14.3. The molecule has 104 valence electrons. The standard InChI is InChI=1S/C15H22N2O2/c1-4-6-13(5-2)16-15(19)17-14-9-7-12(8-10-14)11(3)18/h7-10,13H,4-6H2,1-3H3,(H2,16,17,19). The normalized spacial score (nSPS) is 11.7. The quantitative estimate of drug-likeness (QED) is 0.770. The number of carbonyl (C=O) groups is 2. The molecule has 1 aromatic carbocycles. The lowest BCUT2D eigenvalue weighted by atomic mass is 10.1. The summed E-state index contributed by atoms with van der Waals surface area (Å²) in [6.45, 7) is 5.68. The Morgan fingerprint density at radius 1 is 1.16 bits per heavy atom. The number of benzene rings is 1. The molecule has 4 nitrogen and oxygen atoms in total. The highest BCUT2D eigenvalue weighted by Gasteiger charge is 2.09. The van der Waals surface area contributed by atoms with E-state index in [1.54, 1.807) is 24.3 Å². The van der Waals surface area contributed by atoms with Gasteiger partial charge in [0.1, 0.15) is 0 Å². The lowest BCUT2D eigenvalue weighted by Gasteiger charge is -2.16. The SMILES string of the molecule is CCCC(CC)NC(=O)Nc1ccc(C(C)=O)cc1. The van der Waals surface area contributed by atoms with Gasteiger partial charge in [-0.3, -0.25) is 4.79 Å². The van der Waals surface area contributed by atoms with Gasteiger partial charge in [0, 0.05) is 17.3 Å². The van der Waals surface area contributed by atoms with Crippen LogP contribution in [0.2, 0.25) is 0 Å². The van der Waals surface area contributed by atoms with E-state index in [-0.39, 0.29) is 17.9 Å². The van der Waals surface area contributed by atoms with Gasteiger partial charge in [-0.15, -0.1) is 0 Å². The number of Topliss-reactive ketones (excluding diaryl/α,β-unsaturated/α-hetero) is 1. The highest BCUT2D eigenvalue weighted by atomic mass is 16.2. The molecule has 2 N–H and O–H groups in total. The van der Waals surface area contributed by atoms with E-state index in [4.69, 9.17) is 0 Å². The molecule has 0 aliphatic heterocycles. The molecule has 0 aliphatic rings. The zero-order valence-corrected chi connectivity index (χ0v) is 11.8. The first-order chi connectivity index (χ1) is 9.06. The molecule has 0 bridgehead atoms. The second kappa shape index (κ2) is 7.56. The van der Waals surface area contributed by atoms with E-state index in [0.717, 1.165) is 19.3 Å². The van der Waals surface area contributed by atoms with Crippen LogP contribution in [0.4, 0.5) is 10.5 Å². The van der Waals surface area contributed by atoms with Crippen molar-refractivity contribution in [2.45, 2.75) is 46.1 Å². The van der Waals surface area contributed by atoms with Crippen LogP contribution in [0.3, 0.4) is 0 Å². The van der Waals surface area contributed by atoms with E-state index in [0.29, 0.717) is 11.3 Å².